The molecule has 0 atom stereocenters. The Morgan fingerprint density at radius 1 is 1.44 bits per heavy atom. The van der Waals surface area contributed by atoms with Gasteiger partial charge in [-0.05, 0) is 28.1 Å². The molecule has 0 amide bonds. The van der Waals surface area contributed by atoms with Crippen LogP contribution >= 0.6 is 31.9 Å². The van der Waals surface area contributed by atoms with Crippen LogP contribution in [0.4, 0.5) is 0 Å². The van der Waals surface area contributed by atoms with Crippen molar-refractivity contribution in [1.29, 1.82) is 0 Å². The summed E-state index contributed by atoms with van der Waals surface area (Å²) in [5, 5.41) is 8.73. The highest BCUT2D eigenvalue weighted by molar-refractivity contribution is 9.10. The van der Waals surface area contributed by atoms with E-state index in [1.165, 1.54) is 0 Å². The number of rotatable bonds is 3. The minimum absolute atomic E-state index is 0.695. The first kappa shape index (κ1) is 11.6. The minimum Gasteiger partial charge on any atom is -0.495 e. The number of hydrogen-bond donors (Lipinski definition) is 0. The van der Waals surface area contributed by atoms with Crippen molar-refractivity contribution in [3.63, 3.8) is 0 Å². The molecular weight excluding hydrogens is 338 g/mol. The normalized spacial score (nSPS) is 10.4. The number of halogens is 2. The zero-order valence-electron chi connectivity index (χ0n) is 8.52. The summed E-state index contributed by atoms with van der Waals surface area (Å²) in [5.74, 6) is 0.772. The largest absolute Gasteiger partial charge is 0.495 e. The van der Waals surface area contributed by atoms with Gasteiger partial charge < -0.3 is 4.74 Å². The number of hydrogen-bond acceptors (Lipinski definition) is 3. The van der Waals surface area contributed by atoms with Crippen molar-refractivity contribution in [3.05, 3.63) is 34.6 Å². The highest BCUT2D eigenvalue weighted by Gasteiger charge is 2.05. The van der Waals surface area contributed by atoms with Gasteiger partial charge >= 0.3 is 0 Å². The summed E-state index contributed by atoms with van der Waals surface area (Å²) in [6, 6.07) is 5.76. The number of nitrogens with zero attached hydrogens (tertiary/aromatic N) is 3. The SMILES string of the molecule is COc1cc(-n2cc(CBr)nn2)ccc1Br. The smallest absolute Gasteiger partial charge is 0.135 e. The Morgan fingerprint density at radius 2 is 2.25 bits per heavy atom. The molecular formula is C10H9Br2N3O. The lowest BCUT2D eigenvalue weighted by molar-refractivity contribution is 0.412. The lowest BCUT2D eigenvalue weighted by atomic mass is 10.3. The molecule has 6 heteroatoms. The molecule has 0 aliphatic rings. The monoisotopic (exact) mass is 345 g/mol. The molecule has 0 bridgehead atoms. The van der Waals surface area contributed by atoms with Crippen LogP contribution in [0, 0.1) is 0 Å². The quantitative estimate of drug-likeness (QED) is 0.802. The van der Waals surface area contributed by atoms with E-state index in [0.29, 0.717) is 5.33 Å². The summed E-state index contributed by atoms with van der Waals surface area (Å²) in [6.45, 7) is 0. The number of aromatic nitrogens is 3. The van der Waals surface area contributed by atoms with Gasteiger partial charge in [0.2, 0.25) is 0 Å². The molecule has 0 unspecified atom stereocenters. The van der Waals surface area contributed by atoms with Crippen molar-refractivity contribution < 1.29 is 4.74 Å². The summed E-state index contributed by atoms with van der Waals surface area (Å²) < 4.78 is 7.85. The highest BCUT2D eigenvalue weighted by atomic mass is 79.9. The van der Waals surface area contributed by atoms with E-state index in [2.05, 4.69) is 42.2 Å². The Kier molecular flexibility index (Phi) is 3.60. The molecule has 2 rings (SSSR count). The third-order valence-corrected chi connectivity index (χ3v) is 3.31. The second-order valence-electron chi connectivity index (χ2n) is 3.11. The molecule has 2 aromatic rings. The van der Waals surface area contributed by atoms with Crippen molar-refractivity contribution in [3.8, 4) is 11.4 Å². The van der Waals surface area contributed by atoms with Gasteiger partial charge in [-0.25, -0.2) is 4.68 Å². The molecule has 0 radical (unpaired) electrons. The molecule has 0 saturated heterocycles. The third-order valence-electron chi connectivity index (χ3n) is 2.08. The molecule has 84 valence electrons. The summed E-state index contributed by atoms with van der Waals surface area (Å²) in [5.41, 5.74) is 1.81. The molecule has 1 aromatic heterocycles. The lowest BCUT2D eigenvalue weighted by Crippen LogP contribution is -1.96. The van der Waals surface area contributed by atoms with E-state index in [-0.39, 0.29) is 0 Å². The first-order valence-corrected chi connectivity index (χ1v) is 6.47. The molecule has 16 heavy (non-hydrogen) atoms. The number of benzene rings is 1. The summed E-state index contributed by atoms with van der Waals surface area (Å²) in [6.07, 6.45) is 1.87. The molecule has 4 nitrogen and oxygen atoms in total. The minimum atomic E-state index is 0.695. The van der Waals surface area contributed by atoms with Crippen LogP contribution in [0.5, 0.6) is 5.75 Å². The van der Waals surface area contributed by atoms with Crippen LogP contribution in [-0.2, 0) is 5.33 Å². The predicted octanol–water partition coefficient (Wildman–Crippen LogP) is 2.93. The zero-order chi connectivity index (χ0) is 11.5. The van der Waals surface area contributed by atoms with Crippen molar-refractivity contribution >= 4 is 31.9 Å². The van der Waals surface area contributed by atoms with Gasteiger partial charge in [-0.3, -0.25) is 0 Å². The molecule has 1 heterocycles. The summed E-state index contributed by atoms with van der Waals surface area (Å²) in [7, 11) is 1.63. The van der Waals surface area contributed by atoms with Gasteiger partial charge in [0.05, 0.1) is 29.2 Å². The van der Waals surface area contributed by atoms with Crippen molar-refractivity contribution in [1.82, 2.24) is 15.0 Å². The molecule has 0 saturated carbocycles. The van der Waals surface area contributed by atoms with E-state index in [9.17, 15) is 0 Å². The topological polar surface area (TPSA) is 39.9 Å². The first-order valence-electron chi connectivity index (χ1n) is 4.55. The number of alkyl halides is 1. The van der Waals surface area contributed by atoms with E-state index < -0.39 is 0 Å². The van der Waals surface area contributed by atoms with E-state index in [1.54, 1.807) is 11.8 Å². The summed E-state index contributed by atoms with van der Waals surface area (Å²) >= 11 is 6.74. The molecule has 0 fully saturated rings. The molecule has 0 spiro atoms. The van der Waals surface area contributed by atoms with Crippen LogP contribution in [0.25, 0.3) is 5.69 Å². The van der Waals surface area contributed by atoms with Gasteiger partial charge in [-0.2, -0.15) is 0 Å². The Morgan fingerprint density at radius 3 is 2.88 bits per heavy atom. The van der Waals surface area contributed by atoms with Crippen molar-refractivity contribution in [2.75, 3.05) is 7.11 Å². The van der Waals surface area contributed by atoms with Crippen LogP contribution in [0.15, 0.2) is 28.9 Å². The Labute approximate surface area is 110 Å². The van der Waals surface area contributed by atoms with Gasteiger partial charge in [-0.15, -0.1) is 5.10 Å². The molecule has 0 N–H and O–H groups in total. The van der Waals surface area contributed by atoms with Crippen LogP contribution in [0.2, 0.25) is 0 Å². The standard InChI is InChI=1S/C10H9Br2N3O/c1-16-10-4-8(2-3-9(10)12)15-6-7(5-11)13-14-15/h2-4,6H,5H2,1H3. The second-order valence-corrected chi connectivity index (χ2v) is 4.52. The Balaban J connectivity index is 2.40. The fourth-order valence-electron chi connectivity index (χ4n) is 1.28. The second kappa shape index (κ2) is 4.97. The van der Waals surface area contributed by atoms with Crippen LogP contribution in [0.1, 0.15) is 5.69 Å². The predicted molar refractivity (Wildman–Crippen MR) is 68.2 cm³/mol. The van der Waals surface area contributed by atoms with Crippen molar-refractivity contribution in [2.45, 2.75) is 5.33 Å². The molecule has 0 aliphatic heterocycles. The van der Waals surface area contributed by atoms with Gasteiger partial charge in [0.1, 0.15) is 5.75 Å². The lowest BCUT2D eigenvalue weighted by Gasteiger charge is -2.05. The fraction of sp³-hybridized carbons (Fsp3) is 0.200. The number of ether oxygens (including phenoxy) is 1. The Bertz CT molecular complexity index is 499. The highest BCUT2D eigenvalue weighted by Crippen LogP contribution is 2.26. The Hall–Kier alpha value is -0.880. The van der Waals surface area contributed by atoms with Gasteiger partial charge in [0.15, 0.2) is 0 Å². The molecule has 1 aromatic carbocycles. The molecule has 0 aliphatic carbocycles. The van der Waals surface area contributed by atoms with Gasteiger partial charge in [0, 0.05) is 11.4 Å². The zero-order valence-corrected chi connectivity index (χ0v) is 11.7. The van der Waals surface area contributed by atoms with E-state index in [4.69, 9.17) is 4.74 Å². The van der Waals surface area contributed by atoms with Gasteiger partial charge in [0.25, 0.3) is 0 Å². The van der Waals surface area contributed by atoms with E-state index >= 15 is 0 Å². The third kappa shape index (κ3) is 2.27. The maximum absolute atomic E-state index is 5.22. The summed E-state index contributed by atoms with van der Waals surface area (Å²) in [4.78, 5) is 0. The average Bonchev–Trinajstić information content (AvgIpc) is 2.78. The van der Waals surface area contributed by atoms with E-state index in [1.807, 2.05) is 24.4 Å². The van der Waals surface area contributed by atoms with Crippen LogP contribution < -0.4 is 4.74 Å². The van der Waals surface area contributed by atoms with Crippen molar-refractivity contribution in [2.24, 2.45) is 0 Å². The van der Waals surface area contributed by atoms with Crippen LogP contribution in [-0.4, -0.2) is 22.1 Å². The average molecular weight is 347 g/mol. The maximum Gasteiger partial charge on any atom is 0.135 e. The van der Waals surface area contributed by atoms with Gasteiger partial charge in [-0.1, -0.05) is 21.1 Å². The number of methoxy groups -OCH3 is 1. The van der Waals surface area contributed by atoms with Crippen LogP contribution in [0.3, 0.4) is 0 Å². The maximum atomic E-state index is 5.22. The first-order chi connectivity index (χ1) is 7.74. The van der Waals surface area contributed by atoms with E-state index in [0.717, 1.165) is 21.6 Å². The fourth-order valence-corrected chi connectivity index (χ4v) is 1.94.